The first kappa shape index (κ1) is 19.6. The molecule has 0 aromatic heterocycles. The molecule has 0 atom stereocenters. The third-order valence-corrected chi connectivity index (χ3v) is 3.96. The van der Waals surface area contributed by atoms with Gasteiger partial charge >= 0.3 is 0 Å². The van der Waals surface area contributed by atoms with Gasteiger partial charge < -0.3 is 10.1 Å². The predicted molar refractivity (Wildman–Crippen MR) is 105 cm³/mol. The smallest absolute Gasteiger partial charge is 0.266 e. The van der Waals surface area contributed by atoms with Gasteiger partial charge in [-0.3, -0.25) is 4.79 Å². The molecular weight excluding hydrogens is 348 g/mol. The highest BCUT2D eigenvalue weighted by Gasteiger charge is 2.13. The van der Waals surface area contributed by atoms with E-state index in [1.165, 1.54) is 6.08 Å². The fourth-order valence-electron chi connectivity index (χ4n) is 2.42. The standard InChI is InChI=1S/C21H21ClN2O2/c1-4-9-26-20-8-6-18(22)12-16(20)11-17(13-23)21(25)24-19-7-5-14(2)10-15(19)3/h5-8,10-12H,4,9H2,1-3H3,(H,24,25)/b17-11+. The van der Waals surface area contributed by atoms with Crippen molar-refractivity contribution < 1.29 is 9.53 Å². The van der Waals surface area contributed by atoms with Crippen LogP contribution in [-0.2, 0) is 4.79 Å². The second-order valence-electron chi connectivity index (χ2n) is 5.97. The van der Waals surface area contributed by atoms with E-state index in [0.717, 1.165) is 17.5 Å². The lowest BCUT2D eigenvalue weighted by Crippen LogP contribution is -2.14. The summed E-state index contributed by atoms with van der Waals surface area (Å²) in [6, 6.07) is 12.8. The van der Waals surface area contributed by atoms with E-state index in [4.69, 9.17) is 16.3 Å². The molecular formula is C21H21ClN2O2. The van der Waals surface area contributed by atoms with Gasteiger partial charge in [0.1, 0.15) is 17.4 Å². The highest BCUT2D eigenvalue weighted by atomic mass is 35.5. The Hall–Kier alpha value is -2.77. The number of aryl methyl sites for hydroxylation is 2. The number of nitrogens with zero attached hydrogens (tertiary/aromatic N) is 1. The van der Waals surface area contributed by atoms with Crippen molar-refractivity contribution in [2.24, 2.45) is 0 Å². The number of carbonyl (C=O) groups excluding carboxylic acids is 1. The molecule has 0 spiro atoms. The first-order valence-corrected chi connectivity index (χ1v) is 8.75. The maximum Gasteiger partial charge on any atom is 0.266 e. The van der Waals surface area contributed by atoms with Crippen molar-refractivity contribution in [3.63, 3.8) is 0 Å². The quantitative estimate of drug-likeness (QED) is 0.556. The average Bonchev–Trinajstić information content (AvgIpc) is 2.61. The van der Waals surface area contributed by atoms with Crippen LogP contribution < -0.4 is 10.1 Å². The monoisotopic (exact) mass is 368 g/mol. The van der Waals surface area contributed by atoms with Gasteiger partial charge in [-0.1, -0.05) is 36.2 Å². The Morgan fingerprint density at radius 2 is 2.04 bits per heavy atom. The van der Waals surface area contributed by atoms with Crippen LogP contribution in [0.4, 0.5) is 5.69 Å². The van der Waals surface area contributed by atoms with Gasteiger partial charge in [0.2, 0.25) is 0 Å². The molecule has 0 heterocycles. The number of benzene rings is 2. The minimum atomic E-state index is -0.471. The highest BCUT2D eigenvalue weighted by molar-refractivity contribution is 6.30. The van der Waals surface area contributed by atoms with Gasteiger partial charge in [0.05, 0.1) is 6.61 Å². The minimum absolute atomic E-state index is 0.0198. The first-order chi connectivity index (χ1) is 12.4. The molecule has 5 heteroatoms. The van der Waals surface area contributed by atoms with Gasteiger partial charge in [0.25, 0.3) is 5.91 Å². The molecule has 2 aromatic carbocycles. The molecule has 0 bridgehead atoms. The van der Waals surface area contributed by atoms with Gasteiger partial charge in [-0.05, 0) is 56.2 Å². The molecule has 0 aliphatic rings. The third-order valence-electron chi connectivity index (χ3n) is 3.73. The molecule has 0 unspecified atom stereocenters. The van der Waals surface area contributed by atoms with Crippen LogP contribution in [0.15, 0.2) is 42.0 Å². The summed E-state index contributed by atoms with van der Waals surface area (Å²) >= 11 is 6.05. The number of hydrogen-bond donors (Lipinski definition) is 1. The van der Waals surface area contributed by atoms with Crippen molar-refractivity contribution in [2.45, 2.75) is 27.2 Å². The van der Waals surface area contributed by atoms with Crippen molar-refractivity contribution in [1.82, 2.24) is 0 Å². The van der Waals surface area contributed by atoms with E-state index >= 15 is 0 Å². The zero-order valence-corrected chi connectivity index (χ0v) is 15.9. The molecule has 2 rings (SSSR count). The number of rotatable bonds is 6. The zero-order valence-electron chi connectivity index (χ0n) is 15.1. The van der Waals surface area contributed by atoms with Crippen molar-refractivity contribution in [3.8, 4) is 11.8 Å². The second kappa shape index (κ2) is 9.07. The predicted octanol–water partition coefficient (Wildman–Crippen LogP) is 5.29. The lowest BCUT2D eigenvalue weighted by molar-refractivity contribution is -0.112. The van der Waals surface area contributed by atoms with E-state index in [1.54, 1.807) is 18.2 Å². The normalized spacial score (nSPS) is 11.0. The van der Waals surface area contributed by atoms with E-state index in [-0.39, 0.29) is 5.57 Å². The Balaban J connectivity index is 2.31. The SMILES string of the molecule is CCCOc1ccc(Cl)cc1/C=C(\C#N)C(=O)Nc1ccc(C)cc1C. The average molecular weight is 369 g/mol. The van der Waals surface area contributed by atoms with E-state index in [1.807, 2.05) is 45.0 Å². The summed E-state index contributed by atoms with van der Waals surface area (Å²) in [6.07, 6.45) is 2.35. The van der Waals surface area contributed by atoms with Crippen molar-refractivity contribution in [2.75, 3.05) is 11.9 Å². The van der Waals surface area contributed by atoms with Crippen LogP contribution in [0.5, 0.6) is 5.75 Å². The summed E-state index contributed by atoms with van der Waals surface area (Å²) in [5.74, 6) is 0.115. The van der Waals surface area contributed by atoms with Crippen molar-refractivity contribution >= 4 is 29.3 Å². The molecule has 0 saturated heterocycles. The van der Waals surface area contributed by atoms with E-state index in [0.29, 0.717) is 28.6 Å². The molecule has 0 fully saturated rings. The van der Waals surface area contributed by atoms with Crippen LogP contribution >= 0.6 is 11.6 Å². The minimum Gasteiger partial charge on any atom is -0.493 e. The molecule has 0 radical (unpaired) electrons. The molecule has 2 aromatic rings. The summed E-state index contributed by atoms with van der Waals surface area (Å²) < 4.78 is 5.67. The van der Waals surface area contributed by atoms with Gasteiger partial charge in [-0.2, -0.15) is 5.26 Å². The summed E-state index contributed by atoms with van der Waals surface area (Å²) in [6.45, 7) is 6.44. The molecule has 0 aliphatic heterocycles. The number of carbonyl (C=O) groups is 1. The molecule has 1 N–H and O–H groups in total. The topological polar surface area (TPSA) is 62.1 Å². The largest absolute Gasteiger partial charge is 0.493 e. The second-order valence-corrected chi connectivity index (χ2v) is 6.41. The zero-order chi connectivity index (χ0) is 19.1. The summed E-state index contributed by atoms with van der Waals surface area (Å²) in [5.41, 5.74) is 3.29. The summed E-state index contributed by atoms with van der Waals surface area (Å²) in [7, 11) is 0. The third kappa shape index (κ3) is 5.11. The maximum atomic E-state index is 12.5. The molecule has 26 heavy (non-hydrogen) atoms. The van der Waals surface area contributed by atoms with Crippen LogP contribution in [0.25, 0.3) is 6.08 Å². The number of ether oxygens (including phenoxy) is 1. The van der Waals surface area contributed by atoms with E-state index in [9.17, 15) is 10.1 Å². The first-order valence-electron chi connectivity index (χ1n) is 8.37. The number of anilines is 1. The van der Waals surface area contributed by atoms with Crippen LogP contribution in [0.3, 0.4) is 0 Å². The lowest BCUT2D eigenvalue weighted by Gasteiger charge is -2.10. The Morgan fingerprint density at radius 1 is 1.27 bits per heavy atom. The van der Waals surface area contributed by atoms with Crippen molar-refractivity contribution in [1.29, 1.82) is 5.26 Å². The van der Waals surface area contributed by atoms with E-state index < -0.39 is 5.91 Å². The van der Waals surface area contributed by atoms with E-state index in [2.05, 4.69) is 5.32 Å². The molecule has 0 saturated carbocycles. The Labute approximate surface area is 159 Å². The molecule has 1 amide bonds. The van der Waals surface area contributed by atoms with Crippen LogP contribution in [0.2, 0.25) is 5.02 Å². The fourth-order valence-corrected chi connectivity index (χ4v) is 2.60. The molecule has 134 valence electrons. The Kier molecular flexibility index (Phi) is 6.82. The number of hydrogen-bond acceptors (Lipinski definition) is 3. The van der Waals surface area contributed by atoms with Gasteiger partial charge in [-0.25, -0.2) is 0 Å². The van der Waals surface area contributed by atoms with Crippen LogP contribution in [0, 0.1) is 25.2 Å². The number of amides is 1. The number of halogens is 1. The van der Waals surface area contributed by atoms with Gasteiger partial charge in [0, 0.05) is 16.3 Å². The highest BCUT2D eigenvalue weighted by Crippen LogP contribution is 2.26. The number of nitriles is 1. The Bertz CT molecular complexity index is 882. The number of nitrogens with one attached hydrogen (secondary N) is 1. The van der Waals surface area contributed by atoms with Crippen LogP contribution in [-0.4, -0.2) is 12.5 Å². The lowest BCUT2D eigenvalue weighted by atomic mass is 10.1. The molecule has 4 nitrogen and oxygen atoms in total. The summed E-state index contributed by atoms with van der Waals surface area (Å²) in [5, 5.41) is 12.7. The molecule has 0 aliphatic carbocycles. The van der Waals surface area contributed by atoms with Gasteiger partial charge in [-0.15, -0.1) is 0 Å². The van der Waals surface area contributed by atoms with Crippen LogP contribution in [0.1, 0.15) is 30.0 Å². The Morgan fingerprint density at radius 3 is 2.69 bits per heavy atom. The van der Waals surface area contributed by atoms with Gasteiger partial charge in [0.15, 0.2) is 0 Å². The summed E-state index contributed by atoms with van der Waals surface area (Å²) in [4.78, 5) is 12.5. The maximum absolute atomic E-state index is 12.5. The van der Waals surface area contributed by atoms with Crippen molar-refractivity contribution in [3.05, 3.63) is 63.7 Å². The fraction of sp³-hybridized carbons (Fsp3) is 0.238.